The van der Waals surface area contributed by atoms with E-state index in [-0.39, 0.29) is 12.2 Å². The van der Waals surface area contributed by atoms with Gasteiger partial charge >= 0.3 is 0 Å². The van der Waals surface area contributed by atoms with Crippen molar-refractivity contribution in [1.29, 1.82) is 0 Å². The predicted octanol–water partition coefficient (Wildman–Crippen LogP) is 3.49. The molecule has 1 aromatic heterocycles. The molecule has 0 saturated heterocycles. The molecule has 2 aromatic carbocycles. The highest BCUT2D eigenvalue weighted by molar-refractivity contribution is 6.46. The van der Waals surface area contributed by atoms with E-state index in [1.807, 2.05) is 24.3 Å². The minimum atomic E-state index is -0.753. The van der Waals surface area contributed by atoms with Crippen molar-refractivity contribution in [1.82, 2.24) is 4.98 Å². The second kappa shape index (κ2) is 8.62. The summed E-state index contributed by atoms with van der Waals surface area (Å²) in [7, 11) is 1.59. The molecule has 3 aromatic rings. The van der Waals surface area contributed by atoms with Gasteiger partial charge in [0.05, 0.1) is 12.8 Å². The van der Waals surface area contributed by atoms with Crippen molar-refractivity contribution >= 4 is 17.4 Å². The summed E-state index contributed by atoms with van der Waals surface area (Å²) < 4.78 is 11.1. The number of hydrogen-bond donors (Lipinski definition) is 1. The number of nitrogens with one attached hydrogen (secondary N) is 1. The van der Waals surface area contributed by atoms with E-state index in [1.165, 1.54) is 12.4 Å². The molecule has 0 aliphatic carbocycles. The van der Waals surface area contributed by atoms with Gasteiger partial charge in [0.15, 0.2) is 0 Å². The number of carbonyl (C=O) groups is 2. The average Bonchev–Trinajstić information content (AvgIpc) is 2.73. The third kappa shape index (κ3) is 4.49. The van der Waals surface area contributed by atoms with Crippen LogP contribution in [0.5, 0.6) is 11.5 Å². The summed E-state index contributed by atoms with van der Waals surface area (Å²) in [5.74, 6) is -0.250. The molecule has 6 heteroatoms. The molecule has 0 fully saturated rings. The first-order valence-corrected chi connectivity index (χ1v) is 8.28. The molecular formula is C21H18N2O4. The van der Waals surface area contributed by atoms with E-state index < -0.39 is 11.7 Å². The number of Topliss-reactive ketones (excluding diaryl/α,β-unsaturated/α-hetero) is 1. The molecule has 0 unspecified atom stereocenters. The van der Waals surface area contributed by atoms with Gasteiger partial charge in [0.2, 0.25) is 0 Å². The maximum atomic E-state index is 12.3. The number of ketones is 1. The van der Waals surface area contributed by atoms with Crippen molar-refractivity contribution in [3.8, 4) is 11.5 Å². The van der Waals surface area contributed by atoms with Gasteiger partial charge in [-0.2, -0.15) is 0 Å². The fraction of sp³-hybridized carbons (Fsp3) is 0.0952. The molecule has 0 spiro atoms. The maximum absolute atomic E-state index is 12.3. The summed E-state index contributed by atoms with van der Waals surface area (Å²) in [6, 6.07) is 17.6. The van der Waals surface area contributed by atoms with Gasteiger partial charge in [-0.05, 0) is 30.3 Å². The van der Waals surface area contributed by atoms with Crippen molar-refractivity contribution in [3.05, 3.63) is 84.2 Å². The zero-order valence-corrected chi connectivity index (χ0v) is 14.7. The van der Waals surface area contributed by atoms with Crippen LogP contribution in [0.25, 0.3) is 0 Å². The molecule has 0 atom stereocenters. The van der Waals surface area contributed by atoms with Gasteiger partial charge in [-0.25, -0.2) is 0 Å². The molecule has 3 rings (SSSR count). The van der Waals surface area contributed by atoms with Crippen LogP contribution < -0.4 is 14.8 Å². The van der Waals surface area contributed by atoms with E-state index in [9.17, 15) is 9.59 Å². The van der Waals surface area contributed by atoms with E-state index in [4.69, 9.17) is 9.47 Å². The second-order valence-corrected chi connectivity index (χ2v) is 5.62. The summed E-state index contributed by atoms with van der Waals surface area (Å²) in [5.41, 5.74) is 1.50. The number of para-hydroxylation sites is 3. The van der Waals surface area contributed by atoms with Crippen LogP contribution in [0, 0.1) is 0 Å². The zero-order chi connectivity index (χ0) is 19.1. The predicted molar refractivity (Wildman–Crippen MR) is 101 cm³/mol. The number of anilines is 1. The molecule has 1 amide bonds. The first kappa shape index (κ1) is 18.1. The van der Waals surface area contributed by atoms with E-state index in [2.05, 4.69) is 10.3 Å². The van der Waals surface area contributed by atoms with Crippen LogP contribution >= 0.6 is 0 Å². The van der Waals surface area contributed by atoms with E-state index >= 15 is 0 Å². The van der Waals surface area contributed by atoms with Crippen molar-refractivity contribution in [3.63, 3.8) is 0 Å². The minimum Gasteiger partial charge on any atom is -0.496 e. The maximum Gasteiger partial charge on any atom is 0.296 e. The smallest absolute Gasteiger partial charge is 0.296 e. The van der Waals surface area contributed by atoms with E-state index in [0.29, 0.717) is 17.2 Å². The van der Waals surface area contributed by atoms with Crippen molar-refractivity contribution in [2.24, 2.45) is 0 Å². The molecule has 136 valence electrons. The Balaban J connectivity index is 1.72. The number of hydrogen-bond acceptors (Lipinski definition) is 5. The van der Waals surface area contributed by atoms with Crippen LogP contribution in [0.4, 0.5) is 5.69 Å². The normalized spacial score (nSPS) is 10.1. The van der Waals surface area contributed by atoms with Crippen LogP contribution in [0.15, 0.2) is 73.1 Å². The number of methoxy groups -OCH3 is 1. The number of benzene rings is 2. The SMILES string of the molecule is COc1ccccc1COc1ccccc1NC(=O)C(=O)c1cccnc1. The Morgan fingerprint density at radius 2 is 1.70 bits per heavy atom. The first-order valence-electron chi connectivity index (χ1n) is 8.28. The fourth-order valence-corrected chi connectivity index (χ4v) is 2.48. The van der Waals surface area contributed by atoms with Crippen molar-refractivity contribution in [2.45, 2.75) is 6.61 Å². The number of aromatic nitrogens is 1. The second-order valence-electron chi connectivity index (χ2n) is 5.62. The lowest BCUT2D eigenvalue weighted by molar-refractivity contribution is -0.112. The summed E-state index contributed by atoms with van der Waals surface area (Å²) in [6.07, 6.45) is 2.89. The van der Waals surface area contributed by atoms with Gasteiger partial charge in [-0.1, -0.05) is 30.3 Å². The Labute approximate surface area is 156 Å². The van der Waals surface area contributed by atoms with Crippen molar-refractivity contribution in [2.75, 3.05) is 12.4 Å². The van der Waals surface area contributed by atoms with Gasteiger partial charge in [0, 0.05) is 23.5 Å². The number of amides is 1. The number of carbonyl (C=O) groups excluding carboxylic acids is 2. The number of rotatable bonds is 7. The Morgan fingerprint density at radius 3 is 2.44 bits per heavy atom. The van der Waals surface area contributed by atoms with Crippen molar-refractivity contribution < 1.29 is 19.1 Å². The Morgan fingerprint density at radius 1 is 0.963 bits per heavy atom. The lowest BCUT2D eigenvalue weighted by atomic mass is 10.2. The summed E-state index contributed by atoms with van der Waals surface area (Å²) in [6.45, 7) is 0.257. The molecule has 1 N–H and O–H groups in total. The topological polar surface area (TPSA) is 77.5 Å². The molecule has 0 saturated carbocycles. The van der Waals surface area contributed by atoms with Crippen LogP contribution in [0.2, 0.25) is 0 Å². The summed E-state index contributed by atoms with van der Waals surface area (Å²) in [5, 5.41) is 2.60. The molecule has 0 aliphatic rings. The Hall–Kier alpha value is -3.67. The molecule has 0 aliphatic heterocycles. The number of nitrogens with zero attached hydrogens (tertiary/aromatic N) is 1. The standard InChI is InChI=1S/C21H18N2O4/c1-26-18-10-4-2-7-16(18)14-27-19-11-5-3-9-17(19)23-21(25)20(24)15-8-6-12-22-13-15/h2-13H,14H2,1H3,(H,23,25). The quantitative estimate of drug-likeness (QED) is 0.514. The fourth-order valence-electron chi connectivity index (χ4n) is 2.48. The minimum absolute atomic E-state index is 0.224. The van der Waals surface area contributed by atoms with Crippen LogP contribution in [-0.2, 0) is 11.4 Å². The lowest BCUT2D eigenvalue weighted by Gasteiger charge is -2.13. The largest absolute Gasteiger partial charge is 0.496 e. The Kier molecular flexibility index (Phi) is 5.79. The van der Waals surface area contributed by atoms with Gasteiger partial charge in [-0.3, -0.25) is 14.6 Å². The third-order valence-electron chi connectivity index (χ3n) is 3.84. The molecule has 6 nitrogen and oxygen atoms in total. The number of pyridine rings is 1. The van der Waals surface area contributed by atoms with Gasteiger partial charge in [-0.15, -0.1) is 0 Å². The molecular weight excluding hydrogens is 344 g/mol. The van der Waals surface area contributed by atoms with E-state index in [0.717, 1.165) is 5.56 Å². The summed E-state index contributed by atoms with van der Waals surface area (Å²) >= 11 is 0. The van der Waals surface area contributed by atoms with Crippen LogP contribution in [0.3, 0.4) is 0 Å². The average molecular weight is 362 g/mol. The molecule has 27 heavy (non-hydrogen) atoms. The zero-order valence-electron chi connectivity index (χ0n) is 14.7. The third-order valence-corrected chi connectivity index (χ3v) is 3.84. The molecule has 0 bridgehead atoms. The highest BCUT2D eigenvalue weighted by Crippen LogP contribution is 2.26. The monoisotopic (exact) mass is 362 g/mol. The lowest BCUT2D eigenvalue weighted by Crippen LogP contribution is -2.23. The number of ether oxygens (including phenoxy) is 2. The Bertz CT molecular complexity index is 942. The van der Waals surface area contributed by atoms with Crippen LogP contribution in [0.1, 0.15) is 15.9 Å². The van der Waals surface area contributed by atoms with Gasteiger partial charge in [0.25, 0.3) is 11.7 Å². The van der Waals surface area contributed by atoms with Gasteiger partial charge < -0.3 is 14.8 Å². The molecule has 0 radical (unpaired) electrons. The van der Waals surface area contributed by atoms with Crippen LogP contribution in [-0.4, -0.2) is 23.8 Å². The summed E-state index contributed by atoms with van der Waals surface area (Å²) in [4.78, 5) is 28.3. The highest BCUT2D eigenvalue weighted by atomic mass is 16.5. The van der Waals surface area contributed by atoms with E-state index in [1.54, 1.807) is 43.5 Å². The van der Waals surface area contributed by atoms with Gasteiger partial charge in [0.1, 0.15) is 18.1 Å². The molecule has 1 heterocycles. The first-order chi connectivity index (χ1) is 13.2. The highest BCUT2D eigenvalue weighted by Gasteiger charge is 2.18.